The van der Waals surface area contributed by atoms with Crippen molar-refractivity contribution >= 4 is 33.7 Å². The van der Waals surface area contributed by atoms with Crippen molar-refractivity contribution in [1.82, 2.24) is 0 Å². The van der Waals surface area contributed by atoms with Gasteiger partial charge in [0.05, 0.1) is 17.7 Å². The van der Waals surface area contributed by atoms with Crippen molar-refractivity contribution in [2.45, 2.75) is 22.7 Å². The lowest BCUT2D eigenvalue weighted by Gasteiger charge is -2.11. The zero-order valence-electron chi connectivity index (χ0n) is 10.3. The van der Waals surface area contributed by atoms with Gasteiger partial charge in [0, 0.05) is 10.2 Å². The Hall–Kier alpha value is -1.20. The number of hydrogen-bond acceptors (Lipinski definition) is 4. The molecular formula is C12H9BrF3NO2S. The average molecular weight is 368 g/mol. The summed E-state index contributed by atoms with van der Waals surface area (Å²) in [6.45, 7) is 1.65. The molecule has 0 aliphatic rings. The summed E-state index contributed by atoms with van der Waals surface area (Å²) in [5.74, 6) is -0.809. The van der Waals surface area contributed by atoms with Crippen LogP contribution in [0.5, 0.6) is 0 Å². The molecular weight excluding hydrogens is 359 g/mol. The Balaban J connectivity index is 3.35. The molecule has 1 rings (SSSR count). The molecule has 20 heavy (non-hydrogen) atoms. The molecule has 108 valence electrons. The molecule has 0 spiro atoms. The summed E-state index contributed by atoms with van der Waals surface area (Å²) >= 11 is 2.75. The maximum absolute atomic E-state index is 12.4. The molecule has 0 N–H and O–H groups in total. The van der Waals surface area contributed by atoms with Crippen molar-refractivity contribution < 1.29 is 22.7 Å². The van der Waals surface area contributed by atoms with E-state index in [1.165, 1.54) is 6.07 Å². The highest BCUT2D eigenvalue weighted by Gasteiger charge is 2.30. The molecule has 0 radical (unpaired) electrons. The van der Waals surface area contributed by atoms with Crippen molar-refractivity contribution in [3.8, 4) is 6.07 Å². The second-order valence-corrected chi connectivity index (χ2v) is 5.22. The molecule has 0 atom stereocenters. The monoisotopic (exact) mass is 367 g/mol. The zero-order chi connectivity index (χ0) is 15.3. The fourth-order valence-corrected chi connectivity index (χ4v) is 2.56. The summed E-state index contributed by atoms with van der Waals surface area (Å²) in [7, 11) is 0. The smallest absolute Gasteiger partial charge is 0.446 e. The minimum Gasteiger partial charge on any atom is -0.462 e. The first-order valence-electron chi connectivity index (χ1n) is 5.38. The van der Waals surface area contributed by atoms with E-state index in [2.05, 4.69) is 15.9 Å². The van der Waals surface area contributed by atoms with Crippen LogP contribution in [0.3, 0.4) is 0 Å². The van der Waals surface area contributed by atoms with Crippen molar-refractivity contribution in [2.24, 2.45) is 0 Å². The molecule has 0 fully saturated rings. The Kier molecular flexibility index (Phi) is 5.89. The van der Waals surface area contributed by atoms with Gasteiger partial charge in [-0.15, -0.1) is 0 Å². The maximum atomic E-state index is 12.4. The Labute approximate surface area is 126 Å². The number of rotatable bonds is 4. The minimum atomic E-state index is -4.47. The van der Waals surface area contributed by atoms with Gasteiger partial charge in [0.15, 0.2) is 0 Å². The molecule has 0 unspecified atom stereocenters. The van der Waals surface area contributed by atoms with Crippen LogP contribution in [0.4, 0.5) is 13.2 Å². The fraction of sp³-hybridized carbons (Fsp3) is 0.333. The van der Waals surface area contributed by atoms with Crippen LogP contribution in [0, 0.1) is 11.3 Å². The predicted molar refractivity (Wildman–Crippen MR) is 71.7 cm³/mol. The summed E-state index contributed by atoms with van der Waals surface area (Å²) in [6.07, 6.45) is 0. The third-order valence-electron chi connectivity index (χ3n) is 2.18. The standard InChI is InChI=1S/C12H9BrF3NO2S/c1-2-19-11(18)9-4-8(20-12(14,15)16)3-7(5-13)10(9)6-17/h3-4H,2,5H2,1H3. The van der Waals surface area contributed by atoms with E-state index in [9.17, 15) is 18.0 Å². The van der Waals surface area contributed by atoms with E-state index < -0.39 is 11.5 Å². The first-order chi connectivity index (χ1) is 9.32. The third-order valence-corrected chi connectivity index (χ3v) is 3.49. The van der Waals surface area contributed by atoms with Gasteiger partial charge >= 0.3 is 11.5 Å². The van der Waals surface area contributed by atoms with E-state index in [0.717, 1.165) is 6.07 Å². The van der Waals surface area contributed by atoms with Gasteiger partial charge in [0.1, 0.15) is 6.07 Å². The summed E-state index contributed by atoms with van der Waals surface area (Å²) in [5.41, 5.74) is -4.29. The fourth-order valence-electron chi connectivity index (χ4n) is 1.47. The molecule has 3 nitrogen and oxygen atoms in total. The SMILES string of the molecule is CCOC(=O)c1cc(SC(F)(F)F)cc(CBr)c1C#N. The number of carbonyl (C=O) groups is 1. The highest BCUT2D eigenvalue weighted by atomic mass is 79.9. The number of esters is 1. The van der Waals surface area contributed by atoms with Gasteiger partial charge in [-0.05, 0) is 36.4 Å². The van der Waals surface area contributed by atoms with Crippen LogP contribution in [0.2, 0.25) is 0 Å². The van der Waals surface area contributed by atoms with Crippen molar-refractivity contribution in [2.75, 3.05) is 6.61 Å². The van der Waals surface area contributed by atoms with Crippen LogP contribution in [0.25, 0.3) is 0 Å². The quantitative estimate of drug-likeness (QED) is 0.453. The Bertz CT molecular complexity index is 555. The van der Waals surface area contributed by atoms with Gasteiger partial charge in [-0.3, -0.25) is 0 Å². The second-order valence-electron chi connectivity index (χ2n) is 3.52. The number of benzene rings is 1. The molecule has 1 aromatic rings. The van der Waals surface area contributed by atoms with E-state index >= 15 is 0 Å². The van der Waals surface area contributed by atoms with Crippen LogP contribution in [0.1, 0.15) is 28.4 Å². The molecule has 0 saturated heterocycles. The average Bonchev–Trinajstić information content (AvgIpc) is 2.35. The van der Waals surface area contributed by atoms with Crippen LogP contribution < -0.4 is 0 Å². The van der Waals surface area contributed by atoms with Gasteiger partial charge in [0.2, 0.25) is 0 Å². The molecule has 8 heteroatoms. The first-order valence-corrected chi connectivity index (χ1v) is 7.32. The van der Waals surface area contributed by atoms with Gasteiger partial charge < -0.3 is 4.74 Å². The minimum absolute atomic E-state index is 0.0202. The summed E-state index contributed by atoms with van der Waals surface area (Å²) < 4.78 is 42.0. The Morgan fingerprint density at radius 3 is 2.60 bits per heavy atom. The van der Waals surface area contributed by atoms with Gasteiger partial charge in [-0.2, -0.15) is 18.4 Å². The largest absolute Gasteiger partial charge is 0.462 e. The van der Waals surface area contributed by atoms with E-state index in [1.54, 1.807) is 6.92 Å². The predicted octanol–water partition coefficient (Wildman–Crippen LogP) is 4.24. The summed E-state index contributed by atoms with van der Waals surface area (Å²) in [4.78, 5) is 11.6. The number of ether oxygens (including phenoxy) is 1. The molecule has 1 aromatic carbocycles. The lowest BCUT2D eigenvalue weighted by Crippen LogP contribution is -2.09. The molecule has 0 aromatic heterocycles. The lowest BCUT2D eigenvalue weighted by atomic mass is 10.0. The molecule has 0 aliphatic carbocycles. The Morgan fingerprint density at radius 2 is 2.15 bits per heavy atom. The van der Waals surface area contributed by atoms with Gasteiger partial charge in [0.25, 0.3) is 0 Å². The molecule has 0 bridgehead atoms. The summed E-state index contributed by atoms with van der Waals surface area (Å²) in [5, 5.41) is 9.22. The van der Waals surface area contributed by atoms with Crippen LogP contribution in [-0.2, 0) is 10.1 Å². The second kappa shape index (κ2) is 6.99. The van der Waals surface area contributed by atoms with Crippen LogP contribution >= 0.6 is 27.7 Å². The van der Waals surface area contributed by atoms with E-state index in [-0.39, 0.29) is 39.7 Å². The number of nitriles is 1. The molecule has 0 saturated carbocycles. The van der Waals surface area contributed by atoms with Crippen molar-refractivity contribution in [3.05, 3.63) is 28.8 Å². The Morgan fingerprint density at radius 1 is 1.50 bits per heavy atom. The van der Waals surface area contributed by atoms with Gasteiger partial charge in [-0.1, -0.05) is 15.9 Å². The highest BCUT2D eigenvalue weighted by Crippen LogP contribution is 2.38. The topological polar surface area (TPSA) is 50.1 Å². The van der Waals surface area contributed by atoms with Crippen molar-refractivity contribution in [3.63, 3.8) is 0 Å². The number of thioether (sulfide) groups is 1. The summed E-state index contributed by atoms with van der Waals surface area (Å²) in [6, 6.07) is 4.08. The van der Waals surface area contributed by atoms with E-state index in [4.69, 9.17) is 10.00 Å². The number of alkyl halides is 4. The molecule has 0 aliphatic heterocycles. The van der Waals surface area contributed by atoms with Crippen LogP contribution in [0.15, 0.2) is 17.0 Å². The highest BCUT2D eigenvalue weighted by molar-refractivity contribution is 9.08. The van der Waals surface area contributed by atoms with Crippen LogP contribution in [-0.4, -0.2) is 18.1 Å². The number of nitrogens with zero attached hydrogens (tertiary/aromatic N) is 1. The number of carbonyl (C=O) groups excluding carboxylic acids is 1. The molecule has 0 amide bonds. The van der Waals surface area contributed by atoms with E-state index in [1.807, 2.05) is 6.07 Å². The number of halogens is 4. The van der Waals surface area contributed by atoms with Gasteiger partial charge in [-0.25, -0.2) is 4.79 Å². The lowest BCUT2D eigenvalue weighted by molar-refractivity contribution is -0.0328. The molecule has 0 heterocycles. The number of hydrogen-bond donors (Lipinski definition) is 0. The van der Waals surface area contributed by atoms with Crippen molar-refractivity contribution in [1.29, 1.82) is 5.26 Å². The normalized spacial score (nSPS) is 11.0. The third kappa shape index (κ3) is 4.42. The zero-order valence-corrected chi connectivity index (χ0v) is 12.7. The first kappa shape index (κ1) is 16.9. The van der Waals surface area contributed by atoms with E-state index in [0.29, 0.717) is 5.56 Å². The maximum Gasteiger partial charge on any atom is 0.446 e.